The Morgan fingerprint density at radius 3 is 2.32 bits per heavy atom. The highest BCUT2D eigenvalue weighted by atomic mass is 16.5. The zero-order valence-electron chi connectivity index (χ0n) is 11.4. The Balaban J connectivity index is 2.42. The number of aromatic amines is 1. The molecule has 0 spiro atoms. The van der Waals surface area contributed by atoms with Crippen LogP contribution in [0.2, 0.25) is 0 Å². The van der Waals surface area contributed by atoms with Crippen molar-refractivity contribution in [2.45, 2.75) is 13.8 Å². The third kappa shape index (κ3) is 2.45. The lowest BCUT2D eigenvalue weighted by molar-refractivity contribution is 0.0594. The molecule has 1 aromatic carbocycles. The average Bonchev–Trinajstić information content (AvgIpc) is 2.87. The molecule has 0 fully saturated rings. The van der Waals surface area contributed by atoms with E-state index in [0.29, 0.717) is 11.4 Å². The zero-order valence-corrected chi connectivity index (χ0v) is 11.4. The number of nitrogens with zero attached hydrogens (tertiary/aromatic N) is 1. The van der Waals surface area contributed by atoms with Crippen molar-refractivity contribution >= 4 is 5.97 Å². The summed E-state index contributed by atoms with van der Waals surface area (Å²) in [5.74, 6) is 0.438. The number of carbonyl (C=O) groups excluding carboxylic acids is 1. The van der Waals surface area contributed by atoms with Gasteiger partial charge in [-0.25, -0.2) is 4.79 Å². The van der Waals surface area contributed by atoms with Crippen molar-refractivity contribution in [3.05, 3.63) is 35.0 Å². The molecule has 2 aromatic rings. The number of nitrogens with one attached hydrogen (secondary N) is 1. The lowest BCUT2D eigenvalue weighted by Gasteiger charge is -2.09. The first kappa shape index (κ1) is 13.1. The maximum absolute atomic E-state index is 11.4. The van der Waals surface area contributed by atoms with Crippen LogP contribution in [-0.4, -0.2) is 30.4 Å². The standard InChI is InChI=1S/C14H16N2O3/c1-8-5-10(6-9(2)13(8)18-3)11-7-12(16-15-11)14(17)19-4/h5-7H,1-4H3,(H,15,16). The third-order valence-electron chi connectivity index (χ3n) is 2.94. The molecule has 0 radical (unpaired) electrons. The minimum Gasteiger partial charge on any atom is -0.496 e. The van der Waals surface area contributed by atoms with E-state index in [4.69, 9.17) is 4.74 Å². The highest BCUT2D eigenvalue weighted by Crippen LogP contribution is 2.29. The molecule has 0 amide bonds. The maximum Gasteiger partial charge on any atom is 0.356 e. The van der Waals surface area contributed by atoms with E-state index < -0.39 is 5.97 Å². The number of benzene rings is 1. The second kappa shape index (κ2) is 5.14. The summed E-state index contributed by atoms with van der Waals surface area (Å²) in [7, 11) is 2.99. The Labute approximate surface area is 111 Å². The van der Waals surface area contributed by atoms with Crippen molar-refractivity contribution in [2.24, 2.45) is 0 Å². The van der Waals surface area contributed by atoms with Gasteiger partial charge in [0.2, 0.25) is 0 Å². The van der Waals surface area contributed by atoms with Gasteiger partial charge in [-0.1, -0.05) is 0 Å². The molecule has 5 heteroatoms. The summed E-state index contributed by atoms with van der Waals surface area (Å²) in [4.78, 5) is 11.4. The van der Waals surface area contributed by atoms with Gasteiger partial charge in [0.1, 0.15) is 11.4 Å². The molecule has 100 valence electrons. The van der Waals surface area contributed by atoms with Crippen LogP contribution < -0.4 is 4.74 Å². The normalized spacial score (nSPS) is 10.3. The number of hydrogen-bond donors (Lipinski definition) is 1. The lowest BCUT2D eigenvalue weighted by atomic mass is 10.0. The number of carbonyl (C=O) groups is 1. The minimum atomic E-state index is -0.430. The molecule has 0 aliphatic carbocycles. The van der Waals surface area contributed by atoms with E-state index in [2.05, 4.69) is 14.9 Å². The summed E-state index contributed by atoms with van der Waals surface area (Å²) < 4.78 is 9.96. The molecule has 0 aliphatic rings. The fraction of sp³-hybridized carbons (Fsp3) is 0.286. The number of methoxy groups -OCH3 is 2. The van der Waals surface area contributed by atoms with Gasteiger partial charge in [-0.2, -0.15) is 5.10 Å². The third-order valence-corrected chi connectivity index (χ3v) is 2.94. The van der Waals surface area contributed by atoms with E-state index in [1.54, 1.807) is 13.2 Å². The van der Waals surface area contributed by atoms with E-state index in [0.717, 1.165) is 22.4 Å². The number of rotatable bonds is 3. The summed E-state index contributed by atoms with van der Waals surface area (Å²) in [6.07, 6.45) is 0. The van der Waals surface area contributed by atoms with Crippen LogP contribution in [0, 0.1) is 13.8 Å². The van der Waals surface area contributed by atoms with Crippen LogP contribution in [-0.2, 0) is 4.74 Å². The molecule has 0 saturated carbocycles. The van der Waals surface area contributed by atoms with Crippen molar-refractivity contribution in [1.82, 2.24) is 10.2 Å². The van der Waals surface area contributed by atoms with Gasteiger partial charge < -0.3 is 9.47 Å². The molecule has 0 unspecified atom stereocenters. The fourth-order valence-corrected chi connectivity index (χ4v) is 2.10. The van der Waals surface area contributed by atoms with Crippen LogP contribution in [0.5, 0.6) is 5.75 Å². The van der Waals surface area contributed by atoms with Gasteiger partial charge in [-0.05, 0) is 43.2 Å². The number of H-pyrrole nitrogens is 1. The van der Waals surface area contributed by atoms with Gasteiger partial charge in [-0.15, -0.1) is 0 Å². The van der Waals surface area contributed by atoms with Crippen LogP contribution >= 0.6 is 0 Å². The molecular weight excluding hydrogens is 244 g/mol. The van der Waals surface area contributed by atoms with Gasteiger partial charge in [0.25, 0.3) is 0 Å². The quantitative estimate of drug-likeness (QED) is 0.861. The van der Waals surface area contributed by atoms with Crippen LogP contribution in [0.15, 0.2) is 18.2 Å². The Kier molecular flexibility index (Phi) is 3.55. The molecule has 0 atom stereocenters. The second-order valence-corrected chi connectivity index (χ2v) is 4.30. The highest BCUT2D eigenvalue weighted by molar-refractivity contribution is 5.88. The topological polar surface area (TPSA) is 64.2 Å². The predicted octanol–water partition coefficient (Wildman–Crippen LogP) is 2.49. The maximum atomic E-state index is 11.4. The Morgan fingerprint density at radius 1 is 1.16 bits per heavy atom. The number of esters is 1. The molecule has 19 heavy (non-hydrogen) atoms. The average molecular weight is 260 g/mol. The van der Waals surface area contributed by atoms with Crippen molar-refractivity contribution in [2.75, 3.05) is 14.2 Å². The SMILES string of the molecule is COC(=O)c1cc(-c2cc(C)c(OC)c(C)c2)n[nH]1. The zero-order chi connectivity index (χ0) is 14.0. The van der Waals surface area contributed by atoms with E-state index in [1.165, 1.54) is 7.11 Å². The van der Waals surface area contributed by atoms with Gasteiger partial charge in [0.15, 0.2) is 0 Å². The van der Waals surface area contributed by atoms with Crippen molar-refractivity contribution in [3.63, 3.8) is 0 Å². The van der Waals surface area contributed by atoms with Gasteiger partial charge in [-0.3, -0.25) is 5.10 Å². The first-order valence-corrected chi connectivity index (χ1v) is 5.86. The highest BCUT2D eigenvalue weighted by Gasteiger charge is 2.13. The predicted molar refractivity (Wildman–Crippen MR) is 71.4 cm³/mol. The smallest absolute Gasteiger partial charge is 0.356 e. The van der Waals surface area contributed by atoms with Gasteiger partial charge >= 0.3 is 5.97 Å². The molecule has 2 rings (SSSR count). The monoisotopic (exact) mass is 260 g/mol. The van der Waals surface area contributed by atoms with Gasteiger partial charge in [0.05, 0.1) is 19.9 Å². The number of aromatic nitrogens is 2. The number of aryl methyl sites for hydroxylation is 2. The molecule has 1 N–H and O–H groups in total. The van der Waals surface area contributed by atoms with Crippen LogP contribution in [0.4, 0.5) is 0 Å². The van der Waals surface area contributed by atoms with Crippen molar-refractivity contribution in [3.8, 4) is 17.0 Å². The molecule has 0 saturated heterocycles. The number of hydrogen-bond acceptors (Lipinski definition) is 4. The van der Waals surface area contributed by atoms with Crippen LogP contribution in [0.25, 0.3) is 11.3 Å². The van der Waals surface area contributed by atoms with Crippen LogP contribution in [0.1, 0.15) is 21.6 Å². The Hall–Kier alpha value is -2.30. The largest absolute Gasteiger partial charge is 0.496 e. The minimum absolute atomic E-state index is 0.337. The number of ether oxygens (including phenoxy) is 2. The Bertz CT molecular complexity index is 594. The first-order valence-electron chi connectivity index (χ1n) is 5.86. The van der Waals surface area contributed by atoms with E-state index in [1.807, 2.05) is 26.0 Å². The summed E-state index contributed by atoms with van der Waals surface area (Å²) in [5.41, 5.74) is 4.03. The van der Waals surface area contributed by atoms with Crippen molar-refractivity contribution < 1.29 is 14.3 Å². The summed E-state index contributed by atoms with van der Waals surface area (Å²) in [6, 6.07) is 5.62. The summed E-state index contributed by atoms with van der Waals surface area (Å²) in [5, 5.41) is 6.79. The van der Waals surface area contributed by atoms with E-state index in [9.17, 15) is 4.79 Å². The Morgan fingerprint density at radius 2 is 1.79 bits per heavy atom. The molecule has 1 aromatic heterocycles. The lowest BCUT2D eigenvalue weighted by Crippen LogP contribution is -2.00. The van der Waals surface area contributed by atoms with Gasteiger partial charge in [0, 0.05) is 5.56 Å². The van der Waals surface area contributed by atoms with Crippen molar-refractivity contribution in [1.29, 1.82) is 0 Å². The van der Waals surface area contributed by atoms with E-state index >= 15 is 0 Å². The van der Waals surface area contributed by atoms with E-state index in [-0.39, 0.29) is 0 Å². The molecular formula is C14H16N2O3. The second-order valence-electron chi connectivity index (χ2n) is 4.30. The molecule has 1 heterocycles. The summed E-state index contributed by atoms with van der Waals surface area (Å²) in [6.45, 7) is 3.95. The van der Waals surface area contributed by atoms with Crippen LogP contribution in [0.3, 0.4) is 0 Å². The molecule has 0 aliphatic heterocycles. The fourth-order valence-electron chi connectivity index (χ4n) is 2.10. The molecule has 5 nitrogen and oxygen atoms in total. The first-order chi connectivity index (χ1) is 9.06. The summed E-state index contributed by atoms with van der Waals surface area (Å²) >= 11 is 0. The molecule has 0 bridgehead atoms.